The third-order valence-electron chi connectivity index (χ3n) is 4.49. The van der Waals surface area contributed by atoms with E-state index in [1.807, 2.05) is 27.7 Å². The molecule has 1 aromatic carbocycles. The van der Waals surface area contributed by atoms with Crippen molar-refractivity contribution in [3.05, 3.63) is 39.9 Å². The van der Waals surface area contributed by atoms with Crippen LogP contribution in [0.1, 0.15) is 57.3 Å². The Balaban J connectivity index is 2.09. The number of benzene rings is 1. The van der Waals surface area contributed by atoms with Crippen molar-refractivity contribution >= 4 is 11.7 Å². The summed E-state index contributed by atoms with van der Waals surface area (Å²) in [6, 6.07) is 5.31. The second kappa shape index (κ2) is 6.49. The molecule has 0 saturated carbocycles. The molecule has 24 heavy (non-hydrogen) atoms. The number of ether oxygens (including phenoxy) is 1. The van der Waals surface area contributed by atoms with E-state index < -0.39 is 22.0 Å². The SMILES string of the molecule is CC1(C)CCC(OC(=O)c2ccc([N+](=O)[O-])cc2)CC(C)(C)N1[O]. The topological polar surface area (TPSA) is 92.6 Å². The highest BCUT2D eigenvalue weighted by Gasteiger charge is 2.44. The van der Waals surface area contributed by atoms with E-state index in [2.05, 4.69) is 0 Å². The highest BCUT2D eigenvalue weighted by atomic mass is 16.6. The number of nitro benzene ring substituents is 1. The molecule has 0 aliphatic carbocycles. The normalized spacial score (nSPS) is 23.3. The van der Waals surface area contributed by atoms with Gasteiger partial charge in [0.1, 0.15) is 6.10 Å². The summed E-state index contributed by atoms with van der Waals surface area (Å²) in [5, 5.41) is 24.3. The zero-order valence-corrected chi connectivity index (χ0v) is 14.4. The summed E-state index contributed by atoms with van der Waals surface area (Å²) >= 11 is 0. The van der Waals surface area contributed by atoms with Gasteiger partial charge in [-0.3, -0.25) is 10.1 Å². The fourth-order valence-corrected chi connectivity index (χ4v) is 3.22. The van der Waals surface area contributed by atoms with Crippen molar-refractivity contribution < 1.29 is 19.7 Å². The minimum Gasteiger partial charge on any atom is -0.459 e. The number of nitrogens with zero attached hydrogens (tertiary/aromatic N) is 2. The number of nitro groups is 1. The summed E-state index contributed by atoms with van der Waals surface area (Å²) in [5.41, 5.74) is -0.967. The molecular weight excluding hydrogens is 312 g/mol. The lowest BCUT2D eigenvalue weighted by atomic mass is 9.95. The lowest BCUT2D eigenvalue weighted by molar-refractivity contribution is -0.384. The maximum Gasteiger partial charge on any atom is 0.338 e. The molecule has 7 nitrogen and oxygen atoms in total. The fraction of sp³-hybridized carbons (Fsp3) is 0.588. The van der Waals surface area contributed by atoms with Gasteiger partial charge in [-0.05, 0) is 52.7 Å². The first-order chi connectivity index (χ1) is 11.0. The van der Waals surface area contributed by atoms with Crippen molar-refractivity contribution in [2.75, 3.05) is 0 Å². The summed E-state index contributed by atoms with van der Waals surface area (Å²) in [5.74, 6) is -0.525. The van der Waals surface area contributed by atoms with E-state index in [1.54, 1.807) is 0 Å². The Hall–Kier alpha value is -1.99. The van der Waals surface area contributed by atoms with Gasteiger partial charge in [-0.1, -0.05) is 0 Å². The number of esters is 1. The summed E-state index contributed by atoms with van der Waals surface area (Å²) in [6.45, 7) is 7.48. The zero-order chi connectivity index (χ0) is 18.1. The van der Waals surface area contributed by atoms with E-state index in [-0.39, 0.29) is 17.4 Å². The van der Waals surface area contributed by atoms with Crippen molar-refractivity contribution in [1.82, 2.24) is 5.06 Å². The Kier molecular flexibility index (Phi) is 4.96. The average Bonchev–Trinajstić information content (AvgIpc) is 2.58. The van der Waals surface area contributed by atoms with Crippen LogP contribution < -0.4 is 0 Å². The fourth-order valence-electron chi connectivity index (χ4n) is 3.22. The smallest absolute Gasteiger partial charge is 0.338 e. The van der Waals surface area contributed by atoms with Gasteiger partial charge < -0.3 is 4.74 Å². The van der Waals surface area contributed by atoms with Crippen LogP contribution in [0, 0.1) is 10.1 Å². The van der Waals surface area contributed by atoms with Crippen LogP contribution in [0.5, 0.6) is 0 Å². The maximum atomic E-state index is 12.5. The van der Waals surface area contributed by atoms with Crippen LogP contribution in [-0.2, 0) is 9.94 Å². The van der Waals surface area contributed by atoms with Crippen LogP contribution in [0.2, 0.25) is 0 Å². The van der Waals surface area contributed by atoms with Crippen molar-refractivity contribution in [3.63, 3.8) is 0 Å². The predicted octanol–water partition coefficient (Wildman–Crippen LogP) is 3.51. The van der Waals surface area contributed by atoms with Crippen LogP contribution in [0.4, 0.5) is 5.69 Å². The predicted molar refractivity (Wildman–Crippen MR) is 86.8 cm³/mol. The Bertz CT molecular complexity index is 624. The molecule has 2 rings (SSSR count). The molecule has 0 amide bonds. The lowest BCUT2D eigenvalue weighted by Gasteiger charge is -2.39. The van der Waals surface area contributed by atoms with Crippen LogP contribution in [-0.4, -0.2) is 33.1 Å². The lowest BCUT2D eigenvalue weighted by Crippen LogP contribution is -2.51. The Morgan fingerprint density at radius 2 is 1.79 bits per heavy atom. The number of hydrogen-bond donors (Lipinski definition) is 0. The third kappa shape index (κ3) is 3.91. The highest BCUT2D eigenvalue weighted by molar-refractivity contribution is 5.89. The van der Waals surface area contributed by atoms with E-state index in [9.17, 15) is 20.1 Å². The number of hydroxylamine groups is 2. The van der Waals surface area contributed by atoms with Crippen molar-refractivity contribution in [2.45, 2.75) is 64.1 Å². The molecule has 1 radical (unpaired) electrons. The largest absolute Gasteiger partial charge is 0.459 e. The summed E-state index contributed by atoms with van der Waals surface area (Å²) in [4.78, 5) is 22.4. The van der Waals surface area contributed by atoms with Gasteiger partial charge in [-0.15, -0.1) is 10.3 Å². The number of carbonyl (C=O) groups excluding carboxylic acids is 1. The standard InChI is InChI=1S/C17H23N2O5/c1-16(2)10-9-14(11-17(3,4)19(16)23)24-15(20)12-5-7-13(8-6-12)18(21)22/h5-8,14H,9-11H2,1-4H3. The molecule has 1 aromatic rings. The van der Waals surface area contributed by atoms with Crippen LogP contribution in [0.15, 0.2) is 24.3 Å². The van der Waals surface area contributed by atoms with Crippen LogP contribution in [0.3, 0.4) is 0 Å². The molecule has 1 fully saturated rings. The van der Waals surface area contributed by atoms with Gasteiger partial charge in [0.2, 0.25) is 0 Å². The molecule has 0 spiro atoms. The first-order valence-electron chi connectivity index (χ1n) is 7.96. The monoisotopic (exact) mass is 335 g/mol. The number of non-ortho nitro benzene ring substituents is 1. The van der Waals surface area contributed by atoms with Gasteiger partial charge in [0, 0.05) is 29.6 Å². The van der Waals surface area contributed by atoms with Crippen LogP contribution in [0.25, 0.3) is 0 Å². The number of rotatable bonds is 3. The molecule has 1 atom stereocenters. The van der Waals surface area contributed by atoms with Crippen molar-refractivity contribution in [2.24, 2.45) is 0 Å². The molecule has 1 unspecified atom stereocenters. The second-order valence-corrected chi connectivity index (χ2v) is 7.49. The first-order valence-corrected chi connectivity index (χ1v) is 7.96. The van der Waals surface area contributed by atoms with Gasteiger partial charge in [0.25, 0.3) is 5.69 Å². The molecular formula is C17H23N2O5. The van der Waals surface area contributed by atoms with E-state index in [0.717, 1.165) is 5.06 Å². The Morgan fingerprint density at radius 1 is 1.21 bits per heavy atom. The molecule has 7 heteroatoms. The number of carbonyl (C=O) groups is 1. The quantitative estimate of drug-likeness (QED) is 0.479. The molecule has 1 heterocycles. The van der Waals surface area contributed by atoms with E-state index >= 15 is 0 Å². The van der Waals surface area contributed by atoms with Crippen molar-refractivity contribution in [3.8, 4) is 0 Å². The Morgan fingerprint density at radius 3 is 2.33 bits per heavy atom. The third-order valence-corrected chi connectivity index (χ3v) is 4.49. The number of hydrogen-bond acceptors (Lipinski definition) is 5. The summed E-state index contributed by atoms with van der Waals surface area (Å²) < 4.78 is 5.56. The minimum absolute atomic E-state index is 0.0779. The Labute approximate surface area is 141 Å². The van der Waals surface area contributed by atoms with Crippen molar-refractivity contribution in [1.29, 1.82) is 0 Å². The molecule has 0 bridgehead atoms. The van der Waals surface area contributed by atoms with E-state index in [0.29, 0.717) is 19.3 Å². The van der Waals surface area contributed by atoms with Gasteiger partial charge in [0.05, 0.1) is 10.5 Å². The first kappa shape index (κ1) is 18.4. The average molecular weight is 335 g/mol. The maximum absolute atomic E-state index is 12.5. The van der Waals surface area contributed by atoms with Gasteiger partial charge in [-0.2, -0.15) is 0 Å². The van der Waals surface area contributed by atoms with Gasteiger partial charge >= 0.3 is 5.97 Å². The van der Waals surface area contributed by atoms with E-state index in [4.69, 9.17) is 4.74 Å². The summed E-state index contributed by atoms with van der Waals surface area (Å²) in [7, 11) is 0. The molecule has 1 saturated heterocycles. The van der Waals surface area contributed by atoms with Gasteiger partial charge in [-0.25, -0.2) is 4.79 Å². The molecule has 0 N–H and O–H groups in total. The molecule has 131 valence electrons. The van der Waals surface area contributed by atoms with Gasteiger partial charge in [0.15, 0.2) is 0 Å². The zero-order valence-electron chi connectivity index (χ0n) is 14.4. The summed E-state index contributed by atoms with van der Waals surface area (Å²) in [6.07, 6.45) is 1.31. The minimum atomic E-state index is -0.638. The molecule has 1 aliphatic rings. The highest BCUT2D eigenvalue weighted by Crippen LogP contribution is 2.36. The van der Waals surface area contributed by atoms with E-state index in [1.165, 1.54) is 24.3 Å². The molecule has 1 aliphatic heterocycles. The second-order valence-electron chi connectivity index (χ2n) is 7.49. The molecule has 0 aromatic heterocycles. The van der Waals surface area contributed by atoms with Crippen LogP contribution >= 0.6 is 0 Å².